The molecule has 3 aromatic rings. The summed E-state index contributed by atoms with van der Waals surface area (Å²) in [4.78, 5) is 35.1. The number of nitrogens with zero attached hydrogens (tertiary/aromatic N) is 3. The van der Waals surface area contributed by atoms with Crippen LogP contribution in [0.3, 0.4) is 0 Å². The maximum Gasteiger partial charge on any atom is 0.419 e. The second-order valence-corrected chi connectivity index (χ2v) is 12.2. The summed E-state index contributed by atoms with van der Waals surface area (Å²) >= 11 is 0. The Morgan fingerprint density at radius 3 is 2.26 bits per heavy atom. The molecule has 1 N–H and O–H groups in total. The predicted molar refractivity (Wildman–Crippen MR) is 154 cm³/mol. The third-order valence-electron chi connectivity index (χ3n) is 7.96. The Kier molecular flexibility index (Phi) is 8.11. The zero-order valence-corrected chi connectivity index (χ0v) is 24.6. The minimum Gasteiger partial charge on any atom is -0.469 e. The molecule has 8 nitrogen and oxygen atoms in total. The van der Waals surface area contributed by atoms with Gasteiger partial charge in [0.25, 0.3) is 0 Å². The molecular formula is C32H35F3N4O4. The van der Waals surface area contributed by atoms with E-state index in [0.29, 0.717) is 31.6 Å². The summed E-state index contributed by atoms with van der Waals surface area (Å²) in [5.74, 6) is -1.25. The van der Waals surface area contributed by atoms with Crippen molar-refractivity contribution in [1.29, 1.82) is 0 Å². The summed E-state index contributed by atoms with van der Waals surface area (Å²) in [5, 5.41) is 3.02. The van der Waals surface area contributed by atoms with Gasteiger partial charge in [0, 0.05) is 36.8 Å². The normalized spacial score (nSPS) is 17.0. The molecule has 2 fully saturated rings. The average molecular weight is 597 g/mol. The second kappa shape index (κ2) is 11.5. The molecule has 43 heavy (non-hydrogen) atoms. The number of anilines is 2. The number of esters is 1. The Morgan fingerprint density at radius 2 is 1.70 bits per heavy atom. The average Bonchev–Trinajstić information content (AvgIpc) is 3.72. The van der Waals surface area contributed by atoms with Gasteiger partial charge in [0.15, 0.2) is 0 Å². The molecule has 228 valence electrons. The van der Waals surface area contributed by atoms with Crippen molar-refractivity contribution in [3.8, 4) is 0 Å². The molecule has 11 heteroatoms. The third kappa shape index (κ3) is 6.76. The number of carbonyl (C=O) groups excluding carboxylic acids is 2. The van der Waals surface area contributed by atoms with Gasteiger partial charge in [0.2, 0.25) is 5.95 Å². The van der Waals surface area contributed by atoms with Crippen LogP contribution in [0.5, 0.6) is 0 Å². The highest BCUT2D eigenvalue weighted by atomic mass is 19.4. The Morgan fingerprint density at radius 1 is 1.05 bits per heavy atom. The van der Waals surface area contributed by atoms with Crippen LogP contribution in [0.1, 0.15) is 67.8 Å². The van der Waals surface area contributed by atoms with E-state index >= 15 is 0 Å². The van der Waals surface area contributed by atoms with Crippen LogP contribution in [0, 0.1) is 5.41 Å². The molecule has 0 radical (unpaired) electrons. The molecule has 0 bridgehead atoms. The first kappa shape index (κ1) is 30.3. The Hall–Kier alpha value is -4.15. The van der Waals surface area contributed by atoms with E-state index < -0.39 is 34.6 Å². The summed E-state index contributed by atoms with van der Waals surface area (Å²) in [5.41, 5.74) is -0.443. The number of benzene rings is 2. The van der Waals surface area contributed by atoms with Gasteiger partial charge in [-0.05, 0) is 63.3 Å². The largest absolute Gasteiger partial charge is 0.469 e. The molecule has 1 saturated heterocycles. The van der Waals surface area contributed by atoms with Crippen molar-refractivity contribution in [2.45, 2.75) is 63.6 Å². The van der Waals surface area contributed by atoms with E-state index in [1.165, 1.54) is 7.11 Å². The Bertz CT molecular complexity index is 1460. The van der Waals surface area contributed by atoms with Gasteiger partial charge in [-0.15, -0.1) is 0 Å². The maximum atomic E-state index is 14.3. The zero-order valence-electron chi connectivity index (χ0n) is 24.6. The first-order valence-electron chi connectivity index (χ1n) is 14.2. The first-order chi connectivity index (χ1) is 20.3. The number of likely N-dealkylation sites (tertiary alicyclic amines) is 1. The molecule has 2 aromatic carbocycles. The van der Waals surface area contributed by atoms with Crippen LogP contribution in [0.4, 0.5) is 29.6 Å². The van der Waals surface area contributed by atoms with E-state index in [-0.39, 0.29) is 30.1 Å². The predicted octanol–water partition coefficient (Wildman–Crippen LogP) is 6.85. The van der Waals surface area contributed by atoms with Gasteiger partial charge >= 0.3 is 18.2 Å². The summed E-state index contributed by atoms with van der Waals surface area (Å²) in [6.07, 6.45) is -3.27. The monoisotopic (exact) mass is 596 g/mol. The molecule has 0 spiro atoms. The lowest BCUT2D eigenvalue weighted by Gasteiger charge is -2.40. The second-order valence-electron chi connectivity index (χ2n) is 12.2. The summed E-state index contributed by atoms with van der Waals surface area (Å²) in [7, 11) is 1.25. The molecule has 1 aromatic heterocycles. The quantitative estimate of drug-likeness (QED) is 0.284. The highest BCUT2D eigenvalue weighted by Crippen LogP contribution is 2.59. The van der Waals surface area contributed by atoms with Crippen molar-refractivity contribution in [2.24, 2.45) is 5.41 Å². The zero-order chi connectivity index (χ0) is 31.0. The third-order valence-corrected chi connectivity index (χ3v) is 7.96. The fourth-order valence-corrected chi connectivity index (χ4v) is 5.51. The minimum atomic E-state index is -4.72. The van der Waals surface area contributed by atoms with Crippen molar-refractivity contribution in [2.75, 3.05) is 25.5 Å². The van der Waals surface area contributed by atoms with Crippen molar-refractivity contribution >= 4 is 23.7 Å². The Balaban J connectivity index is 1.37. The molecule has 1 atom stereocenters. The first-order valence-corrected chi connectivity index (χ1v) is 14.2. The molecule has 1 amide bonds. The molecule has 1 unspecified atom stereocenters. The van der Waals surface area contributed by atoms with Crippen LogP contribution >= 0.6 is 0 Å². The van der Waals surface area contributed by atoms with Gasteiger partial charge in [-0.2, -0.15) is 13.2 Å². The van der Waals surface area contributed by atoms with Crippen LogP contribution in [0.15, 0.2) is 60.8 Å². The smallest absolute Gasteiger partial charge is 0.419 e. The number of methoxy groups -OCH3 is 1. The number of ether oxygens (including phenoxy) is 2. The minimum absolute atomic E-state index is 0.00535. The highest BCUT2D eigenvalue weighted by Gasteiger charge is 2.59. The van der Waals surface area contributed by atoms with E-state index in [1.807, 2.05) is 63.2 Å². The van der Waals surface area contributed by atoms with Gasteiger partial charge in [-0.25, -0.2) is 14.8 Å². The highest BCUT2D eigenvalue weighted by molar-refractivity contribution is 5.81. The summed E-state index contributed by atoms with van der Waals surface area (Å²) < 4.78 is 53.3. The van der Waals surface area contributed by atoms with Crippen molar-refractivity contribution in [3.63, 3.8) is 0 Å². The maximum absolute atomic E-state index is 14.3. The fourth-order valence-electron chi connectivity index (χ4n) is 5.51. The lowest BCUT2D eigenvalue weighted by molar-refractivity contribution is -0.149. The standard InChI is InChI=1S/C32H35F3N4O4/c1-30(2,3)43-29(41)39-18-22(19-39)21-10-12-23(13-11-21)37-28-36-17-25(32(33,34)35)26(38-28)24(16-20-8-6-5-7-9-20)31(14-15-31)27(40)42-4/h5-13,17,22,24H,14-16,18-19H2,1-4H3,(H,36,37,38). The lowest BCUT2D eigenvalue weighted by atomic mass is 9.80. The molecule has 5 rings (SSSR count). The summed E-state index contributed by atoms with van der Waals surface area (Å²) in [6.45, 7) is 6.55. The SMILES string of the molecule is COC(=O)C1(C(Cc2ccccc2)c2nc(Nc3ccc(C4CN(C(=O)OC(C)(C)C)C4)cc3)ncc2C(F)(F)F)CC1. The van der Waals surface area contributed by atoms with E-state index in [4.69, 9.17) is 9.47 Å². The molecule has 1 saturated carbocycles. The number of rotatable bonds is 8. The van der Waals surface area contributed by atoms with Gasteiger partial charge in [0.1, 0.15) is 5.60 Å². The van der Waals surface area contributed by atoms with Crippen molar-refractivity contribution < 1.29 is 32.2 Å². The van der Waals surface area contributed by atoms with Gasteiger partial charge in [-0.1, -0.05) is 42.5 Å². The number of aromatic nitrogens is 2. The number of alkyl halides is 3. The number of carbonyl (C=O) groups is 2. The number of amides is 1. The number of hydrogen-bond acceptors (Lipinski definition) is 7. The molecule has 1 aliphatic carbocycles. The fraction of sp³-hybridized carbons (Fsp3) is 0.438. The van der Waals surface area contributed by atoms with E-state index in [9.17, 15) is 22.8 Å². The molecule has 2 aliphatic rings. The number of hydrogen-bond donors (Lipinski definition) is 1. The Labute approximate surface area is 248 Å². The number of halogens is 3. The van der Waals surface area contributed by atoms with Gasteiger partial charge < -0.3 is 19.7 Å². The molecule has 1 aliphatic heterocycles. The summed E-state index contributed by atoms with van der Waals surface area (Å²) in [6, 6.07) is 16.5. The number of nitrogens with one attached hydrogen (secondary N) is 1. The molecule has 2 heterocycles. The van der Waals surface area contributed by atoms with Crippen LogP contribution in [-0.2, 0) is 26.9 Å². The van der Waals surface area contributed by atoms with E-state index in [1.54, 1.807) is 17.0 Å². The van der Waals surface area contributed by atoms with Gasteiger partial charge in [0.05, 0.1) is 23.8 Å². The van der Waals surface area contributed by atoms with E-state index in [0.717, 1.165) is 17.3 Å². The molecular weight excluding hydrogens is 561 g/mol. The lowest BCUT2D eigenvalue weighted by Crippen LogP contribution is -2.50. The van der Waals surface area contributed by atoms with Crippen LogP contribution in [0.2, 0.25) is 0 Å². The topological polar surface area (TPSA) is 93.7 Å². The van der Waals surface area contributed by atoms with Crippen LogP contribution in [0.25, 0.3) is 0 Å². The van der Waals surface area contributed by atoms with Crippen molar-refractivity contribution in [1.82, 2.24) is 14.9 Å². The van der Waals surface area contributed by atoms with Crippen LogP contribution in [-0.4, -0.2) is 52.7 Å². The van der Waals surface area contributed by atoms with Crippen molar-refractivity contribution in [3.05, 3.63) is 83.2 Å². The van der Waals surface area contributed by atoms with Gasteiger partial charge in [-0.3, -0.25) is 4.79 Å². The van der Waals surface area contributed by atoms with Crippen LogP contribution < -0.4 is 5.32 Å². The van der Waals surface area contributed by atoms with E-state index in [2.05, 4.69) is 15.3 Å².